The SMILES string of the molecule is CCCCc1ccc([I+]c2ccc(C)cc2)c(C)c1. The van der Waals surface area contributed by atoms with Gasteiger partial charge in [0.05, 0.1) is 0 Å². The van der Waals surface area contributed by atoms with E-state index >= 15 is 0 Å². The van der Waals surface area contributed by atoms with Gasteiger partial charge in [-0.1, -0.05) is 43.2 Å². The molecule has 100 valence electrons. The van der Waals surface area contributed by atoms with Gasteiger partial charge >= 0.3 is 21.2 Å². The third kappa shape index (κ3) is 4.34. The average Bonchev–Trinajstić information content (AvgIpc) is 2.41. The molecule has 0 atom stereocenters. The van der Waals surface area contributed by atoms with Crippen LogP contribution in [0.2, 0.25) is 0 Å². The molecule has 0 saturated heterocycles. The van der Waals surface area contributed by atoms with Crippen molar-refractivity contribution in [1.29, 1.82) is 0 Å². The minimum absolute atomic E-state index is 0.0322. The van der Waals surface area contributed by atoms with Gasteiger partial charge in [-0.15, -0.1) is 0 Å². The topological polar surface area (TPSA) is 0 Å². The van der Waals surface area contributed by atoms with Crippen molar-refractivity contribution in [2.75, 3.05) is 0 Å². The summed E-state index contributed by atoms with van der Waals surface area (Å²) in [5.74, 6) is 0. The molecule has 2 aromatic rings. The maximum atomic E-state index is 2.39. The average molecular weight is 365 g/mol. The summed E-state index contributed by atoms with van der Waals surface area (Å²) in [4.78, 5) is 0. The molecule has 0 N–H and O–H groups in total. The summed E-state index contributed by atoms with van der Waals surface area (Å²) in [6, 6.07) is 16.1. The first kappa shape index (κ1) is 14.6. The summed E-state index contributed by atoms with van der Waals surface area (Å²) < 4.78 is 3.07. The smallest absolute Gasteiger partial charge is 0.0654 e. The van der Waals surface area contributed by atoms with Crippen LogP contribution >= 0.6 is 0 Å². The zero-order valence-corrected chi connectivity index (χ0v) is 14.2. The lowest BCUT2D eigenvalue weighted by Gasteiger charge is -2.01. The Hall–Kier alpha value is -0.830. The highest BCUT2D eigenvalue weighted by Gasteiger charge is 2.17. The maximum Gasteiger partial charge on any atom is 0.358 e. The molecule has 0 spiro atoms. The molecule has 0 aromatic heterocycles. The van der Waals surface area contributed by atoms with E-state index in [-0.39, 0.29) is 21.2 Å². The van der Waals surface area contributed by atoms with Crippen LogP contribution in [-0.2, 0) is 6.42 Å². The molecule has 0 fully saturated rings. The monoisotopic (exact) mass is 365 g/mol. The summed E-state index contributed by atoms with van der Waals surface area (Å²) in [5.41, 5.74) is 4.32. The van der Waals surface area contributed by atoms with Crippen molar-refractivity contribution in [2.24, 2.45) is 0 Å². The first-order chi connectivity index (χ1) is 9.19. The Morgan fingerprint density at radius 1 is 0.947 bits per heavy atom. The molecule has 0 amide bonds. The van der Waals surface area contributed by atoms with E-state index in [1.807, 2.05) is 0 Å². The normalized spacial score (nSPS) is 10.7. The second-order valence-electron chi connectivity index (χ2n) is 5.08. The summed E-state index contributed by atoms with van der Waals surface area (Å²) in [7, 11) is 0. The Balaban J connectivity index is 2.10. The highest BCUT2D eigenvalue weighted by molar-refractivity contribution is 5.22. The minimum Gasteiger partial charge on any atom is -0.0654 e. The minimum atomic E-state index is -0.0322. The fourth-order valence-electron chi connectivity index (χ4n) is 2.06. The van der Waals surface area contributed by atoms with Crippen LogP contribution in [-0.4, -0.2) is 0 Å². The largest absolute Gasteiger partial charge is 0.358 e. The van der Waals surface area contributed by atoms with Crippen LogP contribution in [0.3, 0.4) is 0 Å². The first-order valence-corrected chi connectivity index (χ1v) is 9.16. The van der Waals surface area contributed by atoms with Crippen molar-refractivity contribution in [1.82, 2.24) is 0 Å². The van der Waals surface area contributed by atoms with Crippen LogP contribution in [0.1, 0.15) is 36.5 Å². The lowest BCUT2D eigenvalue weighted by molar-refractivity contribution is -0.598. The van der Waals surface area contributed by atoms with Crippen LogP contribution < -0.4 is 21.2 Å². The molecule has 2 rings (SSSR count). The van der Waals surface area contributed by atoms with Crippen molar-refractivity contribution in [3.8, 4) is 0 Å². The first-order valence-electron chi connectivity index (χ1n) is 7.00. The highest BCUT2D eigenvalue weighted by atomic mass is 127. The second kappa shape index (κ2) is 7.09. The number of rotatable bonds is 5. The van der Waals surface area contributed by atoms with Crippen molar-refractivity contribution in [2.45, 2.75) is 40.0 Å². The van der Waals surface area contributed by atoms with Gasteiger partial charge in [0.1, 0.15) is 0 Å². The van der Waals surface area contributed by atoms with E-state index in [4.69, 9.17) is 0 Å². The number of benzene rings is 2. The van der Waals surface area contributed by atoms with Gasteiger partial charge in [-0.3, -0.25) is 0 Å². The maximum absolute atomic E-state index is 2.39. The van der Waals surface area contributed by atoms with Crippen molar-refractivity contribution < 1.29 is 21.2 Å². The number of aryl methyl sites for hydroxylation is 3. The van der Waals surface area contributed by atoms with E-state index in [1.165, 1.54) is 39.5 Å². The third-order valence-electron chi connectivity index (χ3n) is 3.26. The van der Waals surface area contributed by atoms with Gasteiger partial charge in [0.15, 0.2) is 7.14 Å². The molecule has 0 aliphatic rings. The van der Waals surface area contributed by atoms with Crippen molar-refractivity contribution in [3.63, 3.8) is 0 Å². The summed E-state index contributed by atoms with van der Waals surface area (Å²) in [6.07, 6.45) is 3.80. The second-order valence-corrected chi connectivity index (χ2v) is 8.02. The molecule has 0 aliphatic heterocycles. The van der Waals surface area contributed by atoms with E-state index in [1.54, 1.807) is 3.57 Å². The van der Waals surface area contributed by atoms with E-state index in [0.717, 1.165) is 0 Å². The zero-order valence-electron chi connectivity index (χ0n) is 12.0. The summed E-state index contributed by atoms with van der Waals surface area (Å²) in [5, 5.41) is 0. The Morgan fingerprint density at radius 3 is 2.32 bits per heavy atom. The molecule has 0 unspecified atom stereocenters. The van der Waals surface area contributed by atoms with E-state index in [2.05, 4.69) is 63.2 Å². The lowest BCUT2D eigenvalue weighted by atomic mass is 10.1. The third-order valence-corrected chi connectivity index (χ3v) is 6.40. The van der Waals surface area contributed by atoms with Gasteiger partial charge in [-0.05, 0) is 50.5 Å². The molecule has 2 aromatic carbocycles. The molecule has 0 heterocycles. The summed E-state index contributed by atoms with van der Waals surface area (Å²) in [6.45, 7) is 6.67. The van der Waals surface area contributed by atoms with E-state index in [0.29, 0.717) is 0 Å². The number of hydrogen-bond acceptors (Lipinski definition) is 0. The fraction of sp³-hybridized carbons (Fsp3) is 0.333. The predicted octanol–water partition coefficient (Wildman–Crippen LogP) is 1.77. The Bertz CT molecular complexity index is 526. The molecule has 0 radical (unpaired) electrons. The lowest BCUT2D eigenvalue weighted by Crippen LogP contribution is -3.61. The molecule has 19 heavy (non-hydrogen) atoms. The van der Waals surface area contributed by atoms with Gasteiger partial charge in [-0.25, -0.2) is 0 Å². The van der Waals surface area contributed by atoms with E-state index in [9.17, 15) is 0 Å². The van der Waals surface area contributed by atoms with E-state index < -0.39 is 0 Å². The molecule has 0 nitrogen and oxygen atoms in total. The molecule has 0 bridgehead atoms. The van der Waals surface area contributed by atoms with Gasteiger partial charge < -0.3 is 0 Å². The molecule has 0 saturated carbocycles. The molecular formula is C18H22I+. The zero-order chi connectivity index (χ0) is 13.7. The van der Waals surface area contributed by atoms with Gasteiger partial charge in [0.25, 0.3) is 0 Å². The van der Waals surface area contributed by atoms with Crippen LogP contribution in [0.5, 0.6) is 0 Å². The Kier molecular flexibility index (Phi) is 5.44. The summed E-state index contributed by atoms with van der Waals surface area (Å²) >= 11 is -0.0322. The van der Waals surface area contributed by atoms with Crippen LogP contribution in [0.25, 0.3) is 0 Å². The van der Waals surface area contributed by atoms with Gasteiger partial charge in [-0.2, -0.15) is 0 Å². The van der Waals surface area contributed by atoms with Gasteiger partial charge in [0, 0.05) is 5.56 Å². The number of halogens is 1. The molecular weight excluding hydrogens is 343 g/mol. The van der Waals surface area contributed by atoms with Crippen LogP contribution in [0.4, 0.5) is 0 Å². The fourth-order valence-corrected chi connectivity index (χ4v) is 4.39. The Labute approximate surface area is 127 Å². The van der Waals surface area contributed by atoms with Crippen molar-refractivity contribution in [3.05, 3.63) is 66.3 Å². The quantitative estimate of drug-likeness (QED) is 0.709. The van der Waals surface area contributed by atoms with Gasteiger partial charge in [0.2, 0.25) is 0 Å². The van der Waals surface area contributed by atoms with Crippen molar-refractivity contribution >= 4 is 0 Å². The predicted molar refractivity (Wildman–Crippen MR) is 78.4 cm³/mol. The molecule has 0 aliphatic carbocycles. The Morgan fingerprint density at radius 2 is 1.68 bits per heavy atom. The standard InChI is InChI=1S/C18H22I/c1-4-5-6-16-9-12-18(15(3)13-16)19-17-10-7-14(2)8-11-17/h7-13H,4-6H2,1-3H3/q+1. The number of unbranched alkanes of at least 4 members (excludes halogenated alkanes) is 1. The molecule has 1 heteroatoms. The highest BCUT2D eigenvalue weighted by Crippen LogP contribution is 2.07. The van der Waals surface area contributed by atoms with Crippen LogP contribution in [0, 0.1) is 21.0 Å². The van der Waals surface area contributed by atoms with Crippen LogP contribution in [0.15, 0.2) is 42.5 Å². The number of hydrogen-bond donors (Lipinski definition) is 0.